The highest BCUT2D eigenvalue weighted by atomic mass is 32.2. The minimum Gasteiger partial charge on any atom is -0.481 e. The van der Waals surface area contributed by atoms with E-state index >= 15 is 0 Å². The zero-order valence-electron chi connectivity index (χ0n) is 12.3. The first-order valence-corrected chi connectivity index (χ1v) is 8.59. The molecule has 6 nitrogen and oxygen atoms in total. The smallest absolute Gasteiger partial charge is 0.305 e. The molecule has 2 atom stereocenters. The minimum absolute atomic E-state index is 0.00545. The third kappa shape index (κ3) is 3.70. The van der Waals surface area contributed by atoms with Gasteiger partial charge in [0.1, 0.15) is 6.04 Å². The summed E-state index contributed by atoms with van der Waals surface area (Å²) in [6, 6.07) is -0.632. The Balaban J connectivity index is 2.04. The van der Waals surface area contributed by atoms with Gasteiger partial charge in [0, 0.05) is 24.8 Å². The van der Waals surface area contributed by atoms with Gasteiger partial charge in [0.15, 0.2) is 0 Å². The molecule has 0 saturated carbocycles. The van der Waals surface area contributed by atoms with E-state index in [1.165, 1.54) is 0 Å². The van der Waals surface area contributed by atoms with Crippen molar-refractivity contribution in [2.75, 3.05) is 18.2 Å². The van der Waals surface area contributed by atoms with E-state index in [0.717, 1.165) is 19.3 Å². The number of carbonyl (C=O) groups excluding carboxylic acids is 2. The predicted molar refractivity (Wildman–Crippen MR) is 79.9 cm³/mol. The molecule has 2 aliphatic rings. The molecule has 0 aromatic carbocycles. The molecular formula is C14H22N2O4S. The molecule has 7 heteroatoms. The molecule has 0 radical (unpaired) electrons. The van der Waals surface area contributed by atoms with Crippen LogP contribution >= 0.6 is 11.8 Å². The maximum absolute atomic E-state index is 12.7. The van der Waals surface area contributed by atoms with Gasteiger partial charge in [-0.1, -0.05) is 6.92 Å². The number of hydrogen-bond donors (Lipinski definition) is 1. The van der Waals surface area contributed by atoms with E-state index in [0.29, 0.717) is 24.6 Å². The van der Waals surface area contributed by atoms with Gasteiger partial charge in [-0.2, -0.15) is 0 Å². The van der Waals surface area contributed by atoms with Gasteiger partial charge in [-0.3, -0.25) is 14.4 Å². The van der Waals surface area contributed by atoms with Crippen LogP contribution in [0.3, 0.4) is 0 Å². The molecule has 2 amide bonds. The van der Waals surface area contributed by atoms with E-state index in [1.54, 1.807) is 21.6 Å². The zero-order chi connectivity index (χ0) is 15.4. The molecule has 2 saturated heterocycles. The van der Waals surface area contributed by atoms with Crippen molar-refractivity contribution in [3.8, 4) is 0 Å². The second-order valence-electron chi connectivity index (χ2n) is 5.55. The Morgan fingerprint density at radius 3 is 2.71 bits per heavy atom. The molecule has 0 spiro atoms. The number of hydrogen-bond acceptors (Lipinski definition) is 4. The maximum atomic E-state index is 12.7. The lowest BCUT2D eigenvalue weighted by Crippen LogP contribution is -2.50. The fourth-order valence-electron chi connectivity index (χ4n) is 2.98. The predicted octanol–water partition coefficient (Wildman–Crippen LogP) is 1.15. The highest BCUT2D eigenvalue weighted by Crippen LogP contribution is 2.27. The largest absolute Gasteiger partial charge is 0.481 e. The van der Waals surface area contributed by atoms with Crippen molar-refractivity contribution in [2.24, 2.45) is 0 Å². The van der Waals surface area contributed by atoms with Crippen molar-refractivity contribution < 1.29 is 19.5 Å². The topological polar surface area (TPSA) is 77.9 Å². The first-order valence-electron chi connectivity index (χ1n) is 7.44. The SMILES string of the molecule is CCCC(=O)N1CSCC1C(=O)N1CCCC1CC(=O)O. The Hall–Kier alpha value is -1.24. The Morgan fingerprint density at radius 2 is 2.05 bits per heavy atom. The number of likely N-dealkylation sites (tertiary alicyclic amines) is 1. The molecule has 2 unspecified atom stereocenters. The number of carbonyl (C=O) groups is 3. The molecule has 1 N–H and O–H groups in total. The second kappa shape index (κ2) is 7.15. The second-order valence-corrected chi connectivity index (χ2v) is 6.55. The molecule has 118 valence electrons. The molecule has 2 fully saturated rings. The van der Waals surface area contributed by atoms with Crippen molar-refractivity contribution in [3.63, 3.8) is 0 Å². The van der Waals surface area contributed by atoms with Gasteiger partial charge in [-0.05, 0) is 19.3 Å². The summed E-state index contributed by atoms with van der Waals surface area (Å²) in [5.41, 5.74) is 0. The quantitative estimate of drug-likeness (QED) is 0.824. The molecule has 2 aliphatic heterocycles. The molecular weight excluding hydrogens is 292 g/mol. The summed E-state index contributed by atoms with van der Waals surface area (Å²) in [4.78, 5) is 39.0. The maximum Gasteiger partial charge on any atom is 0.305 e. The van der Waals surface area contributed by atoms with E-state index in [1.807, 2.05) is 6.92 Å². The Morgan fingerprint density at radius 1 is 1.29 bits per heavy atom. The van der Waals surface area contributed by atoms with Gasteiger partial charge in [0.2, 0.25) is 11.8 Å². The summed E-state index contributed by atoms with van der Waals surface area (Å²) >= 11 is 1.59. The number of aliphatic carboxylic acids is 1. The number of amides is 2. The fraction of sp³-hybridized carbons (Fsp3) is 0.786. The standard InChI is InChI=1S/C14H22N2O4S/c1-2-4-12(17)16-9-21-8-11(16)14(20)15-6-3-5-10(15)7-13(18)19/h10-11H,2-9H2,1H3,(H,18,19). The summed E-state index contributed by atoms with van der Waals surface area (Å²) in [5, 5.41) is 8.94. The van der Waals surface area contributed by atoms with Crippen LogP contribution in [0.1, 0.15) is 39.0 Å². The van der Waals surface area contributed by atoms with Crippen LogP contribution < -0.4 is 0 Å². The van der Waals surface area contributed by atoms with Crippen molar-refractivity contribution >= 4 is 29.5 Å². The lowest BCUT2D eigenvalue weighted by atomic mass is 10.1. The third-order valence-electron chi connectivity index (χ3n) is 4.02. The van der Waals surface area contributed by atoms with Crippen LogP contribution in [0, 0.1) is 0 Å². The molecule has 0 bridgehead atoms. The van der Waals surface area contributed by atoms with Gasteiger partial charge < -0.3 is 14.9 Å². The van der Waals surface area contributed by atoms with E-state index in [4.69, 9.17) is 5.11 Å². The molecule has 21 heavy (non-hydrogen) atoms. The van der Waals surface area contributed by atoms with E-state index in [-0.39, 0.29) is 24.3 Å². The molecule has 0 aromatic rings. The van der Waals surface area contributed by atoms with Crippen LogP contribution in [0.4, 0.5) is 0 Å². The van der Waals surface area contributed by atoms with Crippen LogP contribution in [0.2, 0.25) is 0 Å². The minimum atomic E-state index is -0.876. The van der Waals surface area contributed by atoms with Crippen molar-refractivity contribution in [1.29, 1.82) is 0 Å². The van der Waals surface area contributed by atoms with Gasteiger partial charge in [0.25, 0.3) is 0 Å². The summed E-state index contributed by atoms with van der Waals surface area (Å²) in [6.07, 6.45) is 2.80. The Bertz CT molecular complexity index is 429. The zero-order valence-corrected chi connectivity index (χ0v) is 13.1. The van der Waals surface area contributed by atoms with Gasteiger partial charge in [-0.15, -0.1) is 11.8 Å². The van der Waals surface area contributed by atoms with Gasteiger partial charge in [0.05, 0.1) is 12.3 Å². The van der Waals surface area contributed by atoms with Gasteiger partial charge >= 0.3 is 5.97 Å². The lowest BCUT2D eigenvalue weighted by molar-refractivity contribution is -0.145. The van der Waals surface area contributed by atoms with Crippen LogP contribution in [0.25, 0.3) is 0 Å². The first kappa shape index (κ1) is 16.1. The number of thioether (sulfide) groups is 1. The van der Waals surface area contributed by atoms with E-state index in [9.17, 15) is 14.4 Å². The van der Waals surface area contributed by atoms with Crippen LogP contribution in [-0.2, 0) is 14.4 Å². The Labute approximate surface area is 128 Å². The summed E-state index contributed by atoms with van der Waals surface area (Å²) in [7, 11) is 0. The van der Waals surface area contributed by atoms with Crippen molar-refractivity contribution in [1.82, 2.24) is 9.80 Å². The number of nitrogens with zero attached hydrogens (tertiary/aromatic N) is 2. The summed E-state index contributed by atoms with van der Waals surface area (Å²) in [6.45, 7) is 2.55. The number of rotatable bonds is 5. The number of carboxylic acid groups (broad SMARTS) is 1. The van der Waals surface area contributed by atoms with Crippen molar-refractivity contribution in [3.05, 3.63) is 0 Å². The van der Waals surface area contributed by atoms with E-state index < -0.39 is 12.0 Å². The third-order valence-corrected chi connectivity index (χ3v) is 5.03. The fourth-order valence-corrected chi connectivity index (χ4v) is 4.15. The van der Waals surface area contributed by atoms with Crippen LogP contribution in [0.5, 0.6) is 0 Å². The van der Waals surface area contributed by atoms with Crippen LogP contribution in [0.15, 0.2) is 0 Å². The summed E-state index contributed by atoms with van der Waals surface area (Å²) < 4.78 is 0. The average Bonchev–Trinajstić information content (AvgIpc) is 3.06. The van der Waals surface area contributed by atoms with Gasteiger partial charge in [-0.25, -0.2) is 0 Å². The molecule has 0 aliphatic carbocycles. The van der Waals surface area contributed by atoms with Crippen LogP contribution in [-0.4, -0.2) is 62.9 Å². The van der Waals surface area contributed by atoms with Crippen molar-refractivity contribution in [2.45, 2.75) is 51.1 Å². The normalized spacial score (nSPS) is 25.4. The Kier molecular flexibility index (Phi) is 5.50. The highest BCUT2D eigenvalue weighted by Gasteiger charge is 2.40. The van der Waals surface area contributed by atoms with E-state index in [2.05, 4.69) is 0 Å². The first-order chi connectivity index (χ1) is 10.0. The summed E-state index contributed by atoms with van der Waals surface area (Å²) in [5.74, 6) is 0.250. The number of carboxylic acids is 1. The monoisotopic (exact) mass is 314 g/mol. The molecule has 0 aromatic heterocycles. The molecule has 2 rings (SSSR count). The lowest BCUT2D eigenvalue weighted by Gasteiger charge is -2.30. The molecule has 2 heterocycles. The highest BCUT2D eigenvalue weighted by molar-refractivity contribution is 7.99. The average molecular weight is 314 g/mol.